The molecule has 37 heavy (non-hydrogen) atoms. The van der Waals surface area contributed by atoms with E-state index in [1.165, 1.54) is 12.1 Å². The lowest BCUT2D eigenvalue weighted by atomic mass is 10.1. The van der Waals surface area contributed by atoms with E-state index in [0.29, 0.717) is 0 Å². The molecule has 0 heterocycles. The molecular formula is C24H26O13. The molecule has 0 aliphatic rings. The first-order valence-corrected chi connectivity index (χ1v) is 10.9. The average Bonchev–Trinajstić information content (AvgIpc) is 2.86. The maximum atomic E-state index is 11.2. The van der Waals surface area contributed by atoms with Gasteiger partial charge in [-0.25, -0.2) is 19.2 Å². The van der Waals surface area contributed by atoms with Gasteiger partial charge >= 0.3 is 23.9 Å². The molecule has 0 amide bonds. The summed E-state index contributed by atoms with van der Waals surface area (Å²) in [6, 6.07) is 6.95. The zero-order chi connectivity index (χ0) is 27.2. The molecule has 0 atom stereocenters. The monoisotopic (exact) mass is 522 g/mol. The van der Waals surface area contributed by atoms with E-state index in [1.54, 1.807) is 0 Å². The molecule has 0 aromatic heterocycles. The predicted molar refractivity (Wildman–Crippen MR) is 124 cm³/mol. The molecule has 0 aliphatic heterocycles. The van der Waals surface area contributed by atoms with E-state index in [0.717, 1.165) is 24.3 Å². The van der Waals surface area contributed by atoms with E-state index >= 15 is 0 Å². The largest absolute Gasteiger partial charge is 0.490 e. The van der Waals surface area contributed by atoms with Gasteiger partial charge in [0, 0.05) is 0 Å². The van der Waals surface area contributed by atoms with Crippen LogP contribution in [0.3, 0.4) is 0 Å². The third-order valence-corrected chi connectivity index (χ3v) is 4.63. The van der Waals surface area contributed by atoms with E-state index in [1.807, 2.05) is 0 Å². The van der Waals surface area contributed by atoms with Crippen LogP contribution in [0.2, 0.25) is 0 Å². The fourth-order valence-corrected chi connectivity index (χ4v) is 2.87. The number of hydrogen-bond donors (Lipinski definition) is 4. The normalized spacial score (nSPS) is 10.6. The van der Waals surface area contributed by atoms with E-state index in [-0.39, 0.29) is 86.6 Å². The molecule has 0 unspecified atom stereocenters. The second-order valence-electron chi connectivity index (χ2n) is 7.18. The Morgan fingerprint density at radius 3 is 1.11 bits per heavy atom. The summed E-state index contributed by atoms with van der Waals surface area (Å²) >= 11 is 0. The van der Waals surface area contributed by atoms with Crippen molar-refractivity contribution in [3.8, 4) is 11.5 Å². The number of aromatic carboxylic acids is 4. The Morgan fingerprint density at radius 2 is 0.811 bits per heavy atom. The highest BCUT2D eigenvalue weighted by Gasteiger charge is 2.16. The fourth-order valence-electron chi connectivity index (χ4n) is 2.87. The van der Waals surface area contributed by atoms with Crippen molar-refractivity contribution in [2.24, 2.45) is 0 Å². The van der Waals surface area contributed by atoms with Gasteiger partial charge in [-0.3, -0.25) is 0 Å². The van der Waals surface area contributed by atoms with E-state index in [4.69, 9.17) is 44.1 Å². The van der Waals surface area contributed by atoms with Crippen LogP contribution in [0.25, 0.3) is 0 Å². The first-order valence-electron chi connectivity index (χ1n) is 10.9. The molecule has 2 rings (SSSR count). The molecule has 0 bridgehead atoms. The zero-order valence-electron chi connectivity index (χ0n) is 19.6. The molecule has 0 fully saturated rings. The van der Waals surface area contributed by atoms with Crippen molar-refractivity contribution >= 4 is 23.9 Å². The van der Waals surface area contributed by atoms with Crippen LogP contribution in [0.4, 0.5) is 0 Å². The molecule has 2 aromatic rings. The predicted octanol–water partition coefficient (Wildman–Crippen LogP) is 1.99. The highest BCUT2D eigenvalue weighted by molar-refractivity contribution is 5.95. The molecule has 0 saturated heterocycles. The van der Waals surface area contributed by atoms with Gasteiger partial charge < -0.3 is 44.1 Å². The third-order valence-electron chi connectivity index (χ3n) is 4.63. The summed E-state index contributed by atoms with van der Waals surface area (Å²) in [5.41, 5.74) is -0.509. The Morgan fingerprint density at radius 1 is 0.486 bits per heavy atom. The van der Waals surface area contributed by atoms with Crippen LogP contribution in [0.5, 0.6) is 11.5 Å². The number of hydrogen-bond acceptors (Lipinski definition) is 9. The summed E-state index contributed by atoms with van der Waals surface area (Å²) in [7, 11) is 0. The lowest BCUT2D eigenvalue weighted by molar-refractivity contribution is 0.00485. The zero-order valence-corrected chi connectivity index (χ0v) is 19.6. The minimum absolute atomic E-state index is 0.00539. The molecule has 2 aromatic carbocycles. The van der Waals surface area contributed by atoms with E-state index < -0.39 is 23.9 Å². The van der Waals surface area contributed by atoms with Gasteiger partial charge in [-0.05, 0) is 36.4 Å². The summed E-state index contributed by atoms with van der Waals surface area (Å²) in [4.78, 5) is 44.5. The number of carbonyl (C=O) groups is 4. The van der Waals surface area contributed by atoms with Crippen LogP contribution < -0.4 is 9.47 Å². The molecule has 13 heteroatoms. The van der Waals surface area contributed by atoms with Crippen LogP contribution in [0.1, 0.15) is 41.4 Å². The summed E-state index contributed by atoms with van der Waals surface area (Å²) in [5.74, 6) is -5.03. The van der Waals surface area contributed by atoms with Gasteiger partial charge in [0.05, 0.1) is 50.8 Å². The highest BCUT2D eigenvalue weighted by atomic mass is 16.6. The molecule has 0 aliphatic carbocycles. The Kier molecular flexibility index (Phi) is 11.8. The van der Waals surface area contributed by atoms with Crippen LogP contribution in [0, 0.1) is 0 Å². The van der Waals surface area contributed by atoms with Crippen molar-refractivity contribution in [2.45, 2.75) is 0 Å². The van der Waals surface area contributed by atoms with Gasteiger partial charge in [-0.1, -0.05) is 0 Å². The number of carboxylic acids is 4. The molecule has 4 N–H and O–H groups in total. The number of carboxylic acid groups (broad SMARTS) is 4. The van der Waals surface area contributed by atoms with Gasteiger partial charge in [-0.2, -0.15) is 0 Å². The lowest BCUT2D eigenvalue weighted by Crippen LogP contribution is -2.15. The van der Waals surface area contributed by atoms with Crippen molar-refractivity contribution in [3.63, 3.8) is 0 Å². The van der Waals surface area contributed by atoms with Crippen LogP contribution >= 0.6 is 0 Å². The summed E-state index contributed by atoms with van der Waals surface area (Å²) in [6.07, 6.45) is 0. The SMILES string of the molecule is O=C(O)c1ccc(C(=O)O)c(OCCOCCOCCOCCOc2cc(C(=O)O)ccc2C(=O)O)c1. The van der Waals surface area contributed by atoms with Gasteiger partial charge in [0.15, 0.2) is 0 Å². The van der Waals surface area contributed by atoms with Crippen LogP contribution in [-0.4, -0.2) is 97.2 Å². The third kappa shape index (κ3) is 9.76. The van der Waals surface area contributed by atoms with Crippen molar-refractivity contribution in [3.05, 3.63) is 58.7 Å². The lowest BCUT2D eigenvalue weighted by Gasteiger charge is -2.11. The molecule has 0 radical (unpaired) electrons. The Labute approximate surface area is 210 Å². The van der Waals surface area contributed by atoms with Crippen molar-refractivity contribution in [1.82, 2.24) is 0 Å². The van der Waals surface area contributed by atoms with Gasteiger partial charge in [0.1, 0.15) is 35.8 Å². The second kappa shape index (κ2) is 15.0. The van der Waals surface area contributed by atoms with Crippen LogP contribution in [-0.2, 0) is 14.2 Å². The molecular weight excluding hydrogens is 496 g/mol. The van der Waals surface area contributed by atoms with Crippen LogP contribution in [0.15, 0.2) is 36.4 Å². The van der Waals surface area contributed by atoms with E-state index in [2.05, 4.69) is 0 Å². The topological polar surface area (TPSA) is 195 Å². The van der Waals surface area contributed by atoms with Crippen molar-refractivity contribution < 1.29 is 63.3 Å². The molecule has 200 valence electrons. The van der Waals surface area contributed by atoms with Gasteiger partial charge in [0.2, 0.25) is 0 Å². The van der Waals surface area contributed by atoms with Gasteiger partial charge in [0.25, 0.3) is 0 Å². The Balaban J connectivity index is 1.55. The average molecular weight is 522 g/mol. The quantitative estimate of drug-likeness (QED) is 0.208. The Bertz CT molecular complexity index is 1010. The van der Waals surface area contributed by atoms with Crippen molar-refractivity contribution in [1.29, 1.82) is 0 Å². The second-order valence-corrected chi connectivity index (χ2v) is 7.18. The minimum atomic E-state index is -1.24. The minimum Gasteiger partial charge on any atom is -0.490 e. The molecule has 0 spiro atoms. The Hall–Kier alpha value is -4.20. The molecule has 13 nitrogen and oxygen atoms in total. The highest BCUT2D eigenvalue weighted by Crippen LogP contribution is 2.22. The van der Waals surface area contributed by atoms with E-state index in [9.17, 15) is 19.2 Å². The van der Waals surface area contributed by atoms with Gasteiger partial charge in [-0.15, -0.1) is 0 Å². The number of ether oxygens (including phenoxy) is 5. The summed E-state index contributed by atoms with van der Waals surface area (Å²) in [5, 5.41) is 36.4. The fraction of sp³-hybridized carbons (Fsp3) is 0.333. The smallest absolute Gasteiger partial charge is 0.339 e. The standard InChI is InChI=1S/C24H26O13/c25-21(26)15-1-3-17(23(29)30)19(13-15)36-11-9-34-7-5-33-6-8-35-10-12-37-20-14-16(22(27)28)2-4-18(20)24(31)32/h1-4,13-14H,5-12H2,(H,25,26)(H,27,28)(H,29,30)(H,31,32). The number of rotatable bonds is 18. The number of benzene rings is 2. The first kappa shape index (κ1) is 29.0. The summed E-state index contributed by atoms with van der Waals surface area (Å²) in [6.45, 7) is 1.20. The first-order chi connectivity index (χ1) is 17.7. The maximum Gasteiger partial charge on any atom is 0.339 e. The van der Waals surface area contributed by atoms with Crippen molar-refractivity contribution in [2.75, 3.05) is 52.9 Å². The maximum absolute atomic E-state index is 11.2. The molecule has 0 saturated carbocycles. The summed E-state index contributed by atoms with van der Waals surface area (Å²) < 4.78 is 26.6.